The van der Waals surface area contributed by atoms with E-state index in [-0.39, 0.29) is 18.4 Å². The highest BCUT2D eigenvalue weighted by molar-refractivity contribution is 5.97. The zero-order valence-corrected chi connectivity index (χ0v) is 17.9. The maximum Gasteiger partial charge on any atom is 0.251 e. The highest BCUT2D eigenvalue weighted by Crippen LogP contribution is 2.27. The second-order valence-corrected chi connectivity index (χ2v) is 7.03. The summed E-state index contributed by atoms with van der Waals surface area (Å²) >= 11 is 0. The number of benzene rings is 2. The maximum atomic E-state index is 12.4. The average Bonchev–Trinajstić information content (AvgIpc) is 3.23. The van der Waals surface area contributed by atoms with E-state index in [1.165, 1.54) is 14.2 Å². The van der Waals surface area contributed by atoms with Gasteiger partial charge in [0.25, 0.3) is 5.91 Å². The summed E-state index contributed by atoms with van der Waals surface area (Å²) in [6, 6.07) is 14.9. The molecule has 2 aromatic carbocycles. The smallest absolute Gasteiger partial charge is 0.251 e. The van der Waals surface area contributed by atoms with Crippen molar-refractivity contribution in [3.05, 3.63) is 77.6 Å². The van der Waals surface area contributed by atoms with Crippen molar-refractivity contribution in [2.24, 2.45) is 0 Å². The molecule has 0 saturated carbocycles. The minimum absolute atomic E-state index is 0.109. The van der Waals surface area contributed by atoms with Gasteiger partial charge in [0.15, 0.2) is 11.5 Å². The molecule has 3 rings (SSSR count). The molecule has 0 atom stereocenters. The van der Waals surface area contributed by atoms with Crippen molar-refractivity contribution in [1.29, 1.82) is 0 Å². The van der Waals surface area contributed by atoms with E-state index in [0.29, 0.717) is 30.2 Å². The van der Waals surface area contributed by atoms with Crippen molar-refractivity contribution in [3.63, 3.8) is 0 Å². The van der Waals surface area contributed by atoms with Crippen LogP contribution in [-0.2, 0) is 17.9 Å². The van der Waals surface area contributed by atoms with Crippen LogP contribution in [-0.4, -0.2) is 54.3 Å². The molecule has 1 heterocycles. The second-order valence-electron chi connectivity index (χ2n) is 7.03. The first-order valence-corrected chi connectivity index (χ1v) is 9.79. The van der Waals surface area contributed by atoms with E-state index in [9.17, 15) is 9.59 Å². The molecule has 1 aromatic heterocycles. The Morgan fingerprint density at radius 1 is 1.03 bits per heavy atom. The Morgan fingerprint density at radius 3 is 2.48 bits per heavy atom. The number of methoxy groups -OCH3 is 2. The number of amides is 2. The molecule has 0 aliphatic rings. The molecule has 31 heavy (non-hydrogen) atoms. The number of likely N-dealkylation sites (N-methyl/N-ethyl adjacent to an activating group) is 1. The van der Waals surface area contributed by atoms with Crippen molar-refractivity contribution in [2.45, 2.75) is 13.1 Å². The third kappa shape index (κ3) is 5.85. The average molecular weight is 422 g/mol. The summed E-state index contributed by atoms with van der Waals surface area (Å²) in [5.74, 6) is 0.414. The zero-order valence-electron chi connectivity index (χ0n) is 17.9. The molecule has 162 valence electrons. The Morgan fingerprint density at radius 2 is 1.77 bits per heavy atom. The van der Waals surface area contributed by atoms with E-state index in [1.807, 2.05) is 41.2 Å². The molecule has 8 nitrogen and oxygen atoms in total. The van der Waals surface area contributed by atoms with Crippen molar-refractivity contribution >= 4 is 11.8 Å². The molecule has 0 aliphatic carbocycles. The number of nitrogens with zero attached hydrogens (tertiary/aromatic N) is 3. The van der Waals surface area contributed by atoms with Gasteiger partial charge in [0, 0.05) is 30.9 Å². The number of carbonyl (C=O) groups is 2. The van der Waals surface area contributed by atoms with Crippen molar-refractivity contribution in [3.8, 4) is 11.5 Å². The van der Waals surface area contributed by atoms with Crippen LogP contribution < -0.4 is 14.8 Å². The molecule has 3 aromatic rings. The van der Waals surface area contributed by atoms with Gasteiger partial charge in [0.1, 0.15) is 0 Å². The molecular formula is C23H26N4O4. The molecule has 2 amide bonds. The van der Waals surface area contributed by atoms with Crippen LogP contribution in [0.25, 0.3) is 0 Å². The van der Waals surface area contributed by atoms with Gasteiger partial charge in [-0.1, -0.05) is 30.3 Å². The fourth-order valence-corrected chi connectivity index (χ4v) is 3.08. The number of carbonyl (C=O) groups excluding carboxylic acids is 2. The summed E-state index contributed by atoms with van der Waals surface area (Å²) in [5.41, 5.74) is 2.45. The second kappa shape index (κ2) is 10.3. The van der Waals surface area contributed by atoms with E-state index in [4.69, 9.17) is 9.47 Å². The maximum absolute atomic E-state index is 12.4. The number of nitrogens with one attached hydrogen (secondary N) is 1. The lowest BCUT2D eigenvalue weighted by Gasteiger charge is -2.17. The van der Waals surface area contributed by atoms with Crippen molar-refractivity contribution in [1.82, 2.24) is 20.0 Å². The number of hydrogen-bond acceptors (Lipinski definition) is 5. The SMILES string of the molecule is COc1ccc(C(=O)NCC(=O)N(C)Cc2cnn(Cc3ccccc3)c2)cc1OC. The van der Waals surface area contributed by atoms with E-state index >= 15 is 0 Å². The van der Waals surface area contributed by atoms with Crippen LogP contribution in [0.15, 0.2) is 60.9 Å². The Labute approximate surface area is 181 Å². The first-order chi connectivity index (χ1) is 15.0. The monoisotopic (exact) mass is 422 g/mol. The van der Waals surface area contributed by atoms with Gasteiger partial charge in [0.2, 0.25) is 5.91 Å². The Kier molecular flexibility index (Phi) is 7.26. The van der Waals surface area contributed by atoms with Gasteiger partial charge in [-0.05, 0) is 23.8 Å². The van der Waals surface area contributed by atoms with E-state index in [2.05, 4.69) is 10.4 Å². The molecule has 8 heteroatoms. The topological polar surface area (TPSA) is 85.7 Å². The predicted octanol–water partition coefficient (Wildman–Crippen LogP) is 2.34. The molecule has 0 aliphatic heterocycles. The summed E-state index contributed by atoms with van der Waals surface area (Å²) in [6.07, 6.45) is 3.66. The summed E-state index contributed by atoms with van der Waals surface area (Å²) < 4.78 is 12.2. The summed E-state index contributed by atoms with van der Waals surface area (Å²) in [6.45, 7) is 0.960. The zero-order chi connectivity index (χ0) is 22.2. The van der Waals surface area contributed by atoms with Gasteiger partial charge in [-0.3, -0.25) is 14.3 Å². The van der Waals surface area contributed by atoms with Crippen LogP contribution in [0.3, 0.4) is 0 Å². The molecule has 0 bridgehead atoms. The molecule has 0 unspecified atom stereocenters. The van der Waals surface area contributed by atoms with Gasteiger partial charge in [-0.25, -0.2) is 0 Å². The fourth-order valence-electron chi connectivity index (χ4n) is 3.08. The van der Waals surface area contributed by atoms with Crippen molar-refractivity contribution < 1.29 is 19.1 Å². The molecule has 1 N–H and O–H groups in total. The lowest BCUT2D eigenvalue weighted by Crippen LogP contribution is -2.37. The van der Waals surface area contributed by atoms with Crippen LogP contribution in [0, 0.1) is 0 Å². The first kappa shape index (κ1) is 21.9. The Bertz CT molecular complexity index is 1030. The van der Waals surface area contributed by atoms with Gasteiger partial charge in [-0.15, -0.1) is 0 Å². The molecule has 0 saturated heterocycles. The first-order valence-electron chi connectivity index (χ1n) is 9.79. The lowest BCUT2D eigenvalue weighted by atomic mass is 10.2. The minimum atomic E-state index is -0.363. The Hall–Kier alpha value is -3.81. The van der Waals surface area contributed by atoms with Gasteiger partial charge >= 0.3 is 0 Å². The Balaban J connectivity index is 1.51. The fraction of sp³-hybridized carbons (Fsp3) is 0.261. The number of aromatic nitrogens is 2. The van der Waals surface area contributed by atoms with E-state index in [1.54, 1.807) is 36.3 Å². The van der Waals surface area contributed by atoms with Crippen molar-refractivity contribution in [2.75, 3.05) is 27.8 Å². The van der Waals surface area contributed by atoms with E-state index in [0.717, 1.165) is 11.1 Å². The quantitative estimate of drug-likeness (QED) is 0.572. The molecule has 0 spiro atoms. The largest absolute Gasteiger partial charge is 0.493 e. The predicted molar refractivity (Wildman–Crippen MR) is 116 cm³/mol. The van der Waals surface area contributed by atoms with Crippen LogP contribution in [0.1, 0.15) is 21.5 Å². The van der Waals surface area contributed by atoms with Gasteiger partial charge in [-0.2, -0.15) is 5.10 Å². The summed E-state index contributed by atoms with van der Waals surface area (Å²) in [7, 11) is 4.72. The number of rotatable bonds is 9. The third-order valence-corrected chi connectivity index (χ3v) is 4.77. The number of hydrogen-bond donors (Lipinski definition) is 1. The van der Waals surface area contributed by atoms with Crippen LogP contribution in [0.5, 0.6) is 11.5 Å². The summed E-state index contributed by atoms with van der Waals surface area (Å²) in [4.78, 5) is 26.4. The van der Waals surface area contributed by atoms with E-state index < -0.39 is 0 Å². The molecular weight excluding hydrogens is 396 g/mol. The molecule has 0 radical (unpaired) electrons. The number of ether oxygens (including phenoxy) is 2. The minimum Gasteiger partial charge on any atom is -0.493 e. The van der Waals surface area contributed by atoms with Gasteiger partial charge in [0.05, 0.1) is 33.5 Å². The van der Waals surface area contributed by atoms with Gasteiger partial charge < -0.3 is 19.7 Å². The normalized spacial score (nSPS) is 10.4. The highest BCUT2D eigenvalue weighted by atomic mass is 16.5. The highest BCUT2D eigenvalue weighted by Gasteiger charge is 2.15. The summed E-state index contributed by atoms with van der Waals surface area (Å²) in [5, 5.41) is 7.00. The molecule has 0 fully saturated rings. The van der Waals surface area contributed by atoms with Crippen LogP contribution >= 0.6 is 0 Å². The standard InChI is InChI=1S/C23H26N4O4/c1-26(14-18-12-25-27(16-18)15-17-7-5-4-6-8-17)22(28)13-24-23(29)19-9-10-20(30-2)21(11-19)31-3/h4-12,16H,13-15H2,1-3H3,(H,24,29). The lowest BCUT2D eigenvalue weighted by molar-refractivity contribution is -0.129. The van der Waals surface area contributed by atoms with Crippen LogP contribution in [0.4, 0.5) is 0 Å². The van der Waals surface area contributed by atoms with Crippen LogP contribution in [0.2, 0.25) is 0 Å². The third-order valence-electron chi connectivity index (χ3n) is 4.77.